The van der Waals surface area contributed by atoms with Crippen molar-refractivity contribution in [3.8, 4) is 0 Å². The minimum Gasteiger partial charge on any atom is -0.379 e. The second-order valence-electron chi connectivity index (χ2n) is 6.59. The summed E-state index contributed by atoms with van der Waals surface area (Å²) in [6, 6.07) is 2.74. The van der Waals surface area contributed by atoms with Gasteiger partial charge in [-0.25, -0.2) is 14.4 Å². The van der Waals surface area contributed by atoms with Gasteiger partial charge in [0.1, 0.15) is 11.5 Å². The summed E-state index contributed by atoms with van der Waals surface area (Å²) < 4.78 is 61.6. The molecule has 1 fully saturated rings. The van der Waals surface area contributed by atoms with Crippen molar-refractivity contribution in [3.63, 3.8) is 0 Å². The highest BCUT2D eigenvalue weighted by Gasteiger charge is 2.36. The quantitative estimate of drug-likeness (QED) is 0.652. The van der Waals surface area contributed by atoms with Crippen LogP contribution in [0.5, 0.6) is 0 Å². The average molecular weight is 382 g/mol. The highest BCUT2D eigenvalue weighted by atomic mass is 19.4. The van der Waals surface area contributed by atoms with E-state index < -0.39 is 17.7 Å². The Morgan fingerprint density at radius 1 is 1.15 bits per heavy atom. The maximum absolute atomic E-state index is 14.1. The van der Waals surface area contributed by atoms with Gasteiger partial charge in [0.25, 0.3) is 0 Å². The van der Waals surface area contributed by atoms with Gasteiger partial charge in [-0.3, -0.25) is 4.90 Å². The standard InChI is InChI=1S/C18H18F4N4O/c1-11-14(19)10-13-12-2-3-23-16(18(20,21)22)15(12)26(17(13)24-11)5-4-25-6-8-27-9-7-25/h2-3,10H,4-9H2,1H3. The summed E-state index contributed by atoms with van der Waals surface area (Å²) in [5.74, 6) is -0.542. The Balaban J connectivity index is 1.90. The first-order valence-corrected chi connectivity index (χ1v) is 8.67. The zero-order valence-electron chi connectivity index (χ0n) is 14.7. The number of halogens is 4. The van der Waals surface area contributed by atoms with Crippen LogP contribution >= 0.6 is 0 Å². The molecule has 1 aliphatic heterocycles. The molecule has 27 heavy (non-hydrogen) atoms. The Morgan fingerprint density at radius 3 is 2.59 bits per heavy atom. The molecular weight excluding hydrogens is 364 g/mol. The Kier molecular flexibility index (Phi) is 4.51. The van der Waals surface area contributed by atoms with Gasteiger partial charge in [0.15, 0.2) is 5.69 Å². The van der Waals surface area contributed by atoms with Crippen LogP contribution in [-0.4, -0.2) is 52.3 Å². The molecule has 4 rings (SSSR count). The van der Waals surface area contributed by atoms with Crippen molar-refractivity contribution in [2.45, 2.75) is 19.6 Å². The highest BCUT2D eigenvalue weighted by Crippen LogP contribution is 2.37. The zero-order valence-corrected chi connectivity index (χ0v) is 14.7. The third-order valence-electron chi connectivity index (χ3n) is 4.88. The first kappa shape index (κ1) is 18.1. The van der Waals surface area contributed by atoms with Gasteiger partial charge in [-0.1, -0.05) is 0 Å². The molecule has 3 aromatic heterocycles. The number of hydrogen-bond acceptors (Lipinski definition) is 4. The first-order valence-electron chi connectivity index (χ1n) is 8.67. The Hall–Kier alpha value is -2.26. The van der Waals surface area contributed by atoms with E-state index in [0.29, 0.717) is 42.7 Å². The molecule has 0 radical (unpaired) electrons. The van der Waals surface area contributed by atoms with Gasteiger partial charge < -0.3 is 9.30 Å². The number of aryl methyl sites for hydroxylation is 1. The van der Waals surface area contributed by atoms with Gasteiger partial charge >= 0.3 is 6.18 Å². The molecule has 0 aromatic carbocycles. The summed E-state index contributed by atoms with van der Waals surface area (Å²) >= 11 is 0. The molecule has 1 saturated heterocycles. The van der Waals surface area contributed by atoms with Crippen LogP contribution in [0.1, 0.15) is 11.4 Å². The monoisotopic (exact) mass is 382 g/mol. The molecule has 0 amide bonds. The maximum atomic E-state index is 14.1. The number of morpholine rings is 1. The van der Waals surface area contributed by atoms with Crippen molar-refractivity contribution in [3.05, 3.63) is 35.5 Å². The third-order valence-corrected chi connectivity index (χ3v) is 4.88. The molecular formula is C18H18F4N4O. The fourth-order valence-corrected chi connectivity index (χ4v) is 3.51. The summed E-state index contributed by atoms with van der Waals surface area (Å²) in [6.45, 7) is 5.00. The van der Waals surface area contributed by atoms with Crippen molar-refractivity contribution in [1.82, 2.24) is 19.4 Å². The van der Waals surface area contributed by atoms with E-state index in [2.05, 4.69) is 14.9 Å². The van der Waals surface area contributed by atoms with Crippen LogP contribution in [0.4, 0.5) is 17.6 Å². The smallest absolute Gasteiger partial charge is 0.379 e. The number of alkyl halides is 3. The van der Waals surface area contributed by atoms with Gasteiger partial charge in [-0.2, -0.15) is 13.2 Å². The highest BCUT2D eigenvalue weighted by molar-refractivity contribution is 6.07. The number of fused-ring (bicyclic) bond motifs is 3. The van der Waals surface area contributed by atoms with Gasteiger partial charge in [-0.05, 0) is 19.1 Å². The molecule has 9 heteroatoms. The van der Waals surface area contributed by atoms with Crippen molar-refractivity contribution in [2.75, 3.05) is 32.8 Å². The molecule has 0 N–H and O–H groups in total. The van der Waals surface area contributed by atoms with E-state index in [1.807, 2.05) is 0 Å². The van der Waals surface area contributed by atoms with E-state index in [1.165, 1.54) is 23.6 Å². The molecule has 5 nitrogen and oxygen atoms in total. The van der Waals surface area contributed by atoms with Crippen molar-refractivity contribution in [1.29, 1.82) is 0 Å². The summed E-state index contributed by atoms with van der Waals surface area (Å²) in [5, 5.41) is 0.670. The lowest BCUT2D eigenvalue weighted by Gasteiger charge is -2.27. The second kappa shape index (κ2) is 6.72. The summed E-state index contributed by atoms with van der Waals surface area (Å²) in [4.78, 5) is 9.95. The van der Waals surface area contributed by atoms with E-state index in [1.54, 1.807) is 0 Å². The van der Waals surface area contributed by atoms with Crippen molar-refractivity contribution in [2.24, 2.45) is 0 Å². The first-order chi connectivity index (χ1) is 12.9. The molecule has 0 aliphatic carbocycles. The van der Waals surface area contributed by atoms with Crippen molar-refractivity contribution >= 4 is 21.9 Å². The number of nitrogens with zero attached hydrogens (tertiary/aromatic N) is 4. The van der Waals surface area contributed by atoms with E-state index in [-0.39, 0.29) is 11.2 Å². The Bertz CT molecular complexity index is 993. The lowest BCUT2D eigenvalue weighted by atomic mass is 10.2. The van der Waals surface area contributed by atoms with Gasteiger partial charge in [0, 0.05) is 43.1 Å². The number of ether oxygens (including phenoxy) is 1. The van der Waals surface area contributed by atoms with E-state index >= 15 is 0 Å². The Labute approximate surface area is 152 Å². The van der Waals surface area contributed by atoms with E-state index in [4.69, 9.17) is 4.74 Å². The van der Waals surface area contributed by atoms with Crippen LogP contribution in [-0.2, 0) is 17.5 Å². The van der Waals surface area contributed by atoms with Crippen LogP contribution in [0.25, 0.3) is 21.9 Å². The number of rotatable bonds is 3. The number of hydrogen-bond donors (Lipinski definition) is 0. The lowest BCUT2D eigenvalue weighted by Crippen LogP contribution is -2.38. The van der Waals surface area contributed by atoms with Crippen molar-refractivity contribution < 1.29 is 22.3 Å². The predicted octanol–water partition coefficient (Wildman–Crippen LogP) is 3.38. The summed E-state index contributed by atoms with van der Waals surface area (Å²) in [6.07, 6.45) is -3.51. The summed E-state index contributed by atoms with van der Waals surface area (Å²) in [7, 11) is 0. The van der Waals surface area contributed by atoms with Crippen LogP contribution in [0.2, 0.25) is 0 Å². The summed E-state index contributed by atoms with van der Waals surface area (Å²) in [5.41, 5.74) is -0.529. The molecule has 0 spiro atoms. The molecule has 0 saturated carbocycles. The van der Waals surface area contributed by atoms with Gasteiger partial charge in [0.05, 0.1) is 24.4 Å². The minimum absolute atomic E-state index is 0.0502. The van der Waals surface area contributed by atoms with E-state index in [9.17, 15) is 17.6 Å². The number of pyridine rings is 2. The molecule has 1 aliphatic rings. The second-order valence-corrected chi connectivity index (χ2v) is 6.59. The maximum Gasteiger partial charge on any atom is 0.435 e. The Morgan fingerprint density at radius 2 is 1.89 bits per heavy atom. The fourth-order valence-electron chi connectivity index (χ4n) is 3.51. The van der Waals surface area contributed by atoms with Gasteiger partial charge in [-0.15, -0.1) is 0 Å². The van der Waals surface area contributed by atoms with E-state index in [0.717, 1.165) is 19.3 Å². The lowest BCUT2D eigenvalue weighted by molar-refractivity contribution is -0.140. The normalized spacial score (nSPS) is 16.5. The SMILES string of the molecule is Cc1nc2c(cc1F)c1ccnc(C(F)(F)F)c1n2CCN1CCOCC1. The molecule has 4 heterocycles. The molecule has 3 aromatic rings. The van der Waals surface area contributed by atoms with Gasteiger partial charge in [0.2, 0.25) is 0 Å². The zero-order chi connectivity index (χ0) is 19.2. The topological polar surface area (TPSA) is 43.2 Å². The van der Waals surface area contributed by atoms with Crippen LogP contribution in [0.3, 0.4) is 0 Å². The average Bonchev–Trinajstić information content (AvgIpc) is 2.93. The molecule has 0 bridgehead atoms. The van der Waals surface area contributed by atoms with Crippen LogP contribution in [0, 0.1) is 12.7 Å². The third kappa shape index (κ3) is 3.25. The largest absolute Gasteiger partial charge is 0.435 e. The van der Waals surface area contributed by atoms with Crippen LogP contribution in [0.15, 0.2) is 18.3 Å². The molecule has 144 valence electrons. The fraction of sp³-hybridized carbons (Fsp3) is 0.444. The predicted molar refractivity (Wildman–Crippen MR) is 92.0 cm³/mol. The van der Waals surface area contributed by atoms with Crippen LogP contribution < -0.4 is 0 Å². The number of aromatic nitrogens is 3. The molecule has 0 atom stereocenters. The molecule has 0 unspecified atom stereocenters. The minimum atomic E-state index is -4.61.